The highest BCUT2D eigenvalue weighted by molar-refractivity contribution is 7.70. The summed E-state index contributed by atoms with van der Waals surface area (Å²) < 4.78 is 53.5. The van der Waals surface area contributed by atoms with Gasteiger partial charge in [-0.2, -0.15) is 18.2 Å². The van der Waals surface area contributed by atoms with Crippen molar-refractivity contribution in [2.24, 2.45) is 0 Å². The fourth-order valence-electron chi connectivity index (χ4n) is 2.96. The van der Waals surface area contributed by atoms with Gasteiger partial charge in [0, 0.05) is 22.8 Å². The second-order valence-electron chi connectivity index (χ2n) is 7.57. The van der Waals surface area contributed by atoms with Crippen LogP contribution in [0.4, 0.5) is 36.3 Å². The van der Waals surface area contributed by atoms with E-state index in [2.05, 4.69) is 32.0 Å². The summed E-state index contributed by atoms with van der Waals surface area (Å²) in [5, 5.41) is 5.85. The van der Waals surface area contributed by atoms with E-state index in [0.717, 1.165) is 0 Å². The van der Waals surface area contributed by atoms with Crippen molar-refractivity contribution in [3.8, 4) is 12.3 Å². The van der Waals surface area contributed by atoms with Crippen LogP contribution in [0.1, 0.15) is 15.9 Å². The molecule has 0 aliphatic heterocycles. The topological polar surface area (TPSA) is 105 Å². The molecule has 3 aromatic rings. The fraction of sp³-hybridized carbons (Fsp3) is 0.174. The number of nitrogens with zero attached hydrogens (tertiary/aromatic N) is 2. The van der Waals surface area contributed by atoms with Crippen molar-refractivity contribution in [3.05, 3.63) is 65.9 Å². The summed E-state index contributed by atoms with van der Waals surface area (Å²) in [7, 11) is -2.79. The number of carbonyl (C=O) groups is 1. The minimum Gasteiger partial charge on any atom is -0.339 e. The largest absolute Gasteiger partial charge is 0.421 e. The van der Waals surface area contributed by atoms with Gasteiger partial charge >= 0.3 is 6.18 Å². The van der Waals surface area contributed by atoms with Crippen LogP contribution in [-0.2, 0) is 15.6 Å². The Morgan fingerprint density at radius 2 is 1.80 bits per heavy atom. The Balaban J connectivity index is 1.87. The Hall–Kier alpha value is -3.87. The fourth-order valence-corrected chi connectivity index (χ4v) is 4.11. The van der Waals surface area contributed by atoms with Crippen molar-refractivity contribution in [1.29, 1.82) is 0 Å². The van der Waals surface area contributed by atoms with Gasteiger partial charge in [0.2, 0.25) is 5.95 Å². The maximum Gasteiger partial charge on any atom is 0.421 e. The lowest BCUT2D eigenvalue weighted by atomic mass is 10.2. The van der Waals surface area contributed by atoms with Gasteiger partial charge in [-0.15, -0.1) is 6.42 Å². The van der Waals surface area contributed by atoms with Gasteiger partial charge in [0.15, 0.2) is 0 Å². The molecule has 0 unspecified atom stereocenters. The standard InChI is InChI=1S/C23H21F3N5O3P/c1-4-13-34-31-21(32)15-9-11-16(12-10-15)28-22-27-14-17(23(24,25)26)20(30-22)29-18-7-5-6-8-19(18)35(2,3)33/h1,5-12,14H,13H2,2-3H3,(H,31,32)(H2,27,28,29,30). The van der Waals surface area contributed by atoms with Crippen molar-refractivity contribution in [2.45, 2.75) is 6.18 Å². The first-order chi connectivity index (χ1) is 16.5. The van der Waals surface area contributed by atoms with E-state index in [-0.39, 0.29) is 23.8 Å². The molecule has 0 saturated carbocycles. The number of rotatable bonds is 8. The molecule has 0 spiro atoms. The molecule has 0 fully saturated rings. The Kier molecular flexibility index (Phi) is 7.79. The van der Waals surface area contributed by atoms with Crippen molar-refractivity contribution < 1.29 is 27.4 Å². The number of halogens is 3. The molecule has 2 aromatic carbocycles. The molecule has 0 bridgehead atoms. The first kappa shape index (κ1) is 25.7. The lowest BCUT2D eigenvalue weighted by Crippen LogP contribution is -2.23. The van der Waals surface area contributed by atoms with Crippen LogP contribution in [0.15, 0.2) is 54.7 Å². The molecular weight excluding hydrogens is 482 g/mol. The van der Waals surface area contributed by atoms with Crippen LogP contribution in [0.3, 0.4) is 0 Å². The number of para-hydroxylation sites is 1. The molecule has 0 aliphatic rings. The van der Waals surface area contributed by atoms with Gasteiger partial charge in [0.1, 0.15) is 25.1 Å². The Bertz CT molecular complexity index is 1300. The third kappa shape index (κ3) is 6.82. The van der Waals surface area contributed by atoms with Gasteiger partial charge < -0.3 is 15.2 Å². The molecule has 3 N–H and O–H groups in total. The summed E-state index contributed by atoms with van der Waals surface area (Å²) in [6.45, 7) is 2.96. The summed E-state index contributed by atoms with van der Waals surface area (Å²) in [5.74, 6) is 1.06. The number of nitrogens with one attached hydrogen (secondary N) is 3. The summed E-state index contributed by atoms with van der Waals surface area (Å²) in [6.07, 6.45) is 0.961. The normalized spacial score (nSPS) is 11.4. The highest BCUT2D eigenvalue weighted by atomic mass is 31.2. The SMILES string of the molecule is C#CCONC(=O)c1ccc(Nc2ncc(C(F)(F)F)c(Nc3ccccc3P(C)(C)=O)n2)cc1. The van der Waals surface area contributed by atoms with Crippen LogP contribution < -0.4 is 21.4 Å². The van der Waals surface area contributed by atoms with Gasteiger partial charge in [0.25, 0.3) is 5.91 Å². The Morgan fingerprint density at radius 1 is 1.11 bits per heavy atom. The number of anilines is 4. The zero-order valence-corrected chi connectivity index (χ0v) is 19.6. The quantitative estimate of drug-likeness (QED) is 0.180. The van der Waals surface area contributed by atoms with Gasteiger partial charge in [-0.05, 0) is 49.7 Å². The average molecular weight is 503 g/mol. The van der Waals surface area contributed by atoms with Crippen LogP contribution in [0.2, 0.25) is 0 Å². The summed E-state index contributed by atoms with van der Waals surface area (Å²) >= 11 is 0. The number of carbonyl (C=O) groups excluding carboxylic acids is 1. The highest BCUT2D eigenvalue weighted by Gasteiger charge is 2.35. The zero-order valence-electron chi connectivity index (χ0n) is 18.7. The molecule has 8 nitrogen and oxygen atoms in total. The van der Waals surface area contributed by atoms with E-state index in [1.807, 2.05) is 0 Å². The molecule has 0 atom stereocenters. The summed E-state index contributed by atoms with van der Waals surface area (Å²) in [6, 6.07) is 12.4. The number of benzene rings is 2. The van der Waals surface area contributed by atoms with Crippen molar-refractivity contribution >= 4 is 41.5 Å². The number of hydroxylamine groups is 1. The molecule has 3 rings (SSSR count). The van der Waals surface area contributed by atoms with E-state index >= 15 is 0 Å². The van der Waals surface area contributed by atoms with Gasteiger partial charge in [0.05, 0.1) is 5.69 Å². The molecule has 1 heterocycles. The molecule has 0 aliphatic carbocycles. The molecule has 1 aromatic heterocycles. The van der Waals surface area contributed by atoms with Crippen LogP contribution >= 0.6 is 7.14 Å². The lowest BCUT2D eigenvalue weighted by molar-refractivity contribution is -0.137. The molecule has 0 saturated heterocycles. The van der Waals surface area contributed by atoms with E-state index in [9.17, 15) is 22.5 Å². The van der Waals surface area contributed by atoms with E-state index < -0.39 is 30.6 Å². The minimum absolute atomic E-state index is 0.0917. The van der Waals surface area contributed by atoms with E-state index in [0.29, 0.717) is 17.2 Å². The maximum atomic E-state index is 13.6. The number of hydrogen-bond acceptors (Lipinski definition) is 7. The molecule has 182 valence electrons. The maximum absolute atomic E-state index is 13.6. The number of hydrogen-bond donors (Lipinski definition) is 3. The highest BCUT2D eigenvalue weighted by Crippen LogP contribution is 2.40. The third-order valence-electron chi connectivity index (χ3n) is 4.56. The van der Waals surface area contributed by atoms with Gasteiger partial charge in [-0.1, -0.05) is 18.1 Å². The summed E-state index contributed by atoms with van der Waals surface area (Å²) in [4.78, 5) is 24.5. The molecule has 0 radical (unpaired) electrons. The van der Waals surface area contributed by atoms with E-state index in [4.69, 9.17) is 11.3 Å². The number of amides is 1. The van der Waals surface area contributed by atoms with Gasteiger partial charge in [-0.25, -0.2) is 10.5 Å². The predicted molar refractivity (Wildman–Crippen MR) is 128 cm³/mol. The molecule has 1 amide bonds. The van der Waals surface area contributed by atoms with E-state index in [1.54, 1.807) is 18.2 Å². The number of alkyl halides is 3. The first-order valence-electron chi connectivity index (χ1n) is 10.1. The first-order valence-corrected chi connectivity index (χ1v) is 12.7. The lowest BCUT2D eigenvalue weighted by Gasteiger charge is -2.18. The monoisotopic (exact) mass is 503 g/mol. The van der Waals surface area contributed by atoms with Crippen molar-refractivity contribution in [1.82, 2.24) is 15.4 Å². The van der Waals surface area contributed by atoms with Crippen molar-refractivity contribution in [2.75, 3.05) is 30.6 Å². The minimum atomic E-state index is -4.73. The van der Waals surface area contributed by atoms with Crippen LogP contribution in [0, 0.1) is 12.3 Å². The van der Waals surface area contributed by atoms with Crippen LogP contribution in [-0.4, -0.2) is 35.8 Å². The molecule has 12 heteroatoms. The average Bonchev–Trinajstić information content (AvgIpc) is 2.79. The number of terminal acetylenes is 1. The van der Waals surface area contributed by atoms with Gasteiger partial charge in [-0.3, -0.25) is 9.63 Å². The van der Waals surface area contributed by atoms with Crippen LogP contribution in [0.25, 0.3) is 0 Å². The Morgan fingerprint density at radius 3 is 2.43 bits per heavy atom. The second kappa shape index (κ2) is 10.6. The Labute approximate surface area is 199 Å². The van der Waals surface area contributed by atoms with Crippen molar-refractivity contribution in [3.63, 3.8) is 0 Å². The van der Waals surface area contributed by atoms with E-state index in [1.165, 1.54) is 43.7 Å². The smallest absolute Gasteiger partial charge is 0.339 e. The van der Waals surface area contributed by atoms with Crippen LogP contribution in [0.5, 0.6) is 0 Å². The predicted octanol–water partition coefficient (Wildman–Crippen LogP) is 4.53. The number of aromatic nitrogens is 2. The molecular formula is C23H21F3N5O3P. The third-order valence-corrected chi connectivity index (χ3v) is 6.11. The second-order valence-corrected chi connectivity index (χ2v) is 10.8. The molecule has 35 heavy (non-hydrogen) atoms. The summed E-state index contributed by atoms with van der Waals surface area (Å²) in [5.41, 5.74) is 2.03. The zero-order chi connectivity index (χ0) is 25.6.